The predicted octanol–water partition coefficient (Wildman–Crippen LogP) is 4.22. The second kappa shape index (κ2) is 8.67. The lowest BCUT2D eigenvalue weighted by atomic mass is 9.90. The summed E-state index contributed by atoms with van der Waals surface area (Å²) in [7, 11) is 3.45. The van der Waals surface area contributed by atoms with Gasteiger partial charge in [-0.25, -0.2) is 4.98 Å². The van der Waals surface area contributed by atoms with Crippen LogP contribution in [-0.2, 0) is 30.7 Å². The topological polar surface area (TPSA) is 84.3 Å². The highest BCUT2D eigenvalue weighted by Crippen LogP contribution is 2.54. The summed E-state index contributed by atoms with van der Waals surface area (Å²) in [5, 5.41) is 11.0. The quantitative estimate of drug-likeness (QED) is 0.527. The maximum absolute atomic E-state index is 13.1. The van der Waals surface area contributed by atoms with E-state index in [-0.39, 0.29) is 11.8 Å². The standard InChI is InChI=1S/C29H34N6O2/c1-34(2)16-24-19(18-7-11-37-12-8-18)4-6-26(33-24)32-23-5-3-20(22-14-30-28(36)27(22)23)21-15-31-35-17-29(9-10-29)13-25(21)35/h3-6,15,18H,7-14,16-17H2,1-2H3,(H,30,36)(H,32,33)/i16D2. The van der Waals surface area contributed by atoms with Crippen LogP contribution in [0.3, 0.4) is 0 Å². The van der Waals surface area contributed by atoms with Gasteiger partial charge in [-0.1, -0.05) is 12.1 Å². The van der Waals surface area contributed by atoms with Gasteiger partial charge in [0.05, 0.1) is 23.1 Å². The molecular formula is C29H34N6O2. The van der Waals surface area contributed by atoms with E-state index in [0.717, 1.165) is 48.1 Å². The third kappa shape index (κ3) is 4.03. The molecule has 7 rings (SSSR count). The lowest BCUT2D eigenvalue weighted by Crippen LogP contribution is -2.19. The smallest absolute Gasteiger partial charge is 0.254 e. The molecular weight excluding hydrogens is 464 g/mol. The van der Waals surface area contributed by atoms with Crippen LogP contribution in [0.2, 0.25) is 0 Å². The van der Waals surface area contributed by atoms with Crippen molar-refractivity contribution in [2.45, 2.75) is 57.6 Å². The van der Waals surface area contributed by atoms with E-state index in [0.29, 0.717) is 47.9 Å². The van der Waals surface area contributed by atoms with Crippen molar-refractivity contribution >= 4 is 17.4 Å². The van der Waals surface area contributed by atoms with Crippen LogP contribution in [0.1, 0.15) is 67.2 Å². The van der Waals surface area contributed by atoms with Crippen LogP contribution < -0.4 is 10.6 Å². The number of carbonyl (C=O) groups is 1. The summed E-state index contributed by atoms with van der Waals surface area (Å²) in [6.07, 6.45) is 7.23. The molecule has 1 saturated carbocycles. The molecule has 0 bridgehead atoms. The molecule has 1 aromatic carbocycles. The first-order valence-corrected chi connectivity index (χ1v) is 13.3. The van der Waals surface area contributed by atoms with Gasteiger partial charge in [0.15, 0.2) is 0 Å². The zero-order valence-corrected chi connectivity index (χ0v) is 21.4. The zero-order chi connectivity index (χ0) is 26.9. The minimum Gasteiger partial charge on any atom is -0.381 e. The molecule has 3 aliphatic heterocycles. The van der Waals surface area contributed by atoms with E-state index in [9.17, 15) is 4.79 Å². The Hall–Kier alpha value is -3.23. The fourth-order valence-electron chi connectivity index (χ4n) is 6.22. The summed E-state index contributed by atoms with van der Waals surface area (Å²) in [6.45, 7) is 1.06. The summed E-state index contributed by atoms with van der Waals surface area (Å²) in [5.74, 6) is 0.606. The minimum atomic E-state index is -1.75. The van der Waals surface area contributed by atoms with Gasteiger partial charge in [-0.3, -0.25) is 9.48 Å². The van der Waals surface area contributed by atoms with E-state index in [1.165, 1.54) is 18.5 Å². The number of carbonyl (C=O) groups excluding carboxylic acids is 1. The molecule has 1 spiro atoms. The molecule has 1 amide bonds. The maximum Gasteiger partial charge on any atom is 0.254 e. The Labute approximate surface area is 220 Å². The number of hydrogen-bond acceptors (Lipinski definition) is 6. The maximum atomic E-state index is 13.1. The number of nitrogens with zero attached hydrogens (tertiary/aromatic N) is 4. The van der Waals surface area contributed by atoms with E-state index in [2.05, 4.69) is 26.5 Å². The van der Waals surface area contributed by atoms with E-state index in [4.69, 9.17) is 12.5 Å². The molecule has 37 heavy (non-hydrogen) atoms. The molecule has 5 heterocycles. The highest BCUT2D eigenvalue weighted by molar-refractivity contribution is 6.06. The van der Waals surface area contributed by atoms with Crippen molar-refractivity contribution in [1.29, 1.82) is 0 Å². The fourth-order valence-corrected chi connectivity index (χ4v) is 6.22. The number of rotatable bonds is 6. The average molecular weight is 501 g/mol. The van der Waals surface area contributed by atoms with E-state index < -0.39 is 6.50 Å². The Bertz CT molecular complexity index is 1470. The second-order valence-electron chi connectivity index (χ2n) is 11.2. The van der Waals surface area contributed by atoms with Crippen molar-refractivity contribution in [3.63, 3.8) is 0 Å². The number of hydrogen-bond donors (Lipinski definition) is 2. The monoisotopic (exact) mass is 500 g/mol. The third-order valence-corrected chi connectivity index (χ3v) is 8.37. The Kier molecular flexibility index (Phi) is 4.87. The summed E-state index contributed by atoms with van der Waals surface area (Å²) < 4.78 is 25.3. The third-order valence-electron chi connectivity index (χ3n) is 8.37. The molecule has 8 heteroatoms. The van der Waals surface area contributed by atoms with Crippen molar-refractivity contribution in [3.8, 4) is 11.1 Å². The van der Waals surface area contributed by atoms with Crippen LogP contribution in [-0.4, -0.2) is 52.9 Å². The fraction of sp³-hybridized carbons (Fsp3) is 0.483. The van der Waals surface area contributed by atoms with Crippen LogP contribution in [0.25, 0.3) is 11.1 Å². The van der Waals surface area contributed by atoms with E-state index in [1.54, 1.807) is 19.0 Å². The lowest BCUT2D eigenvalue weighted by molar-refractivity contribution is 0.0849. The lowest BCUT2D eigenvalue weighted by Gasteiger charge is -2.25. The largest absolute Gasteiger partial charge is 0.381 e. The Balaban J connectivity index is 1.25. The van der Waals surface area contributed by atoms with Gasteiger partial charge in [-0.2, -0.15) is 5.10 Å². The summed E-state index contributed by atoms with van der Waals surface area (Å²) in [5.41, 5.74) is 7.47. The number of fused-ring (bicyclic) bond motifs is 2. The summed E-state index contributed by atoms with van der Waals surface area (Å²) >= 11 is 0. The number of nitrogens with one attached hydrogen (secondary N) is 2. The van der Waals surface area contributed by atoms with Gasteiger partial charge >= 0.3 is 0 Å². The van der Waals surface area contributed by atoms with Crippen molar-refractivity contribution in [2.24, 2.45) is 5.41 Å². The molecule has 2 fully saturated rings. The number of anilines is 2. The Morgan fingerprint density at radius 3 is 2.84 bits per heavy atom. The first-order valence-electron chi connectivity index (χ1n) is 14.3. The van der Waals surface area contributed by atoms with Crippen molar-refractivity contribution in [2.75, 3.05) is 32.6 Å². The van der Waals surface area contributed by atoms with Crippen molar-refractivity contribution < 1.29 is 12.3 Å². The van der Waals surface area contributed by atoms with Crippen molar-refractivity contribution in [3.05, 3.63) is 58.5 Å². The molecule has 1 saturated heterocycles. The minimum absolute atomic E-state index is 0.112. The predicted molar refractivity (Wildman–Crippen MR) is 142 cm³/mol. The Morgan fingerprint density at radius 2 is 2.05 bits per heavy atom. The summed E-state index contributed by atoms with van der Waals surface area (Å²) in [6, 6.07) is 7.90. The highest BCUT2D eigenvalue weighted by atomic mass is 16.5. The first kappa shape index (κ1) is 20.8. The van der Waals surface area contributed by atoms with Crippen LogP contribution in [0.4, 0.5) is 11.5 Å². The van der Waals surface area contributed by atoms with Gasteiger partial charge in [0.2, 0.25) is 0 Å². The molecule has 3 aromatic rings. The summed E-state index contributed by atoms with van der Waals surface area (Å²) in [4.78, 5) is 19.4. The number of pyridine rings is 1. The molecule has 2 aromatic heterocycles. The van der Waals surface area contributed by atoms with Gasteiger partial charge < -0.3 is 20.3 Å². The van der Waals surface area contributed by atoms with Crippen LogP contribution >= 0.6 is 0 Å². The van der Waals surface area contributed by atoms with E-state index >= 15 is 0 Å². The molecule has 192 valence electrons. The number of aromatic nitrogens is 3. The van der Waals surface area contributed by atoms with Gasteiger partial charge in [0.25, 0.3) is 5.91 Å². The zero-order valence-electron chi connectivity index (χ0n) is 23.4. The first-order chi connectivity index (χ1) is 18.8. The van der Waals surface area contributed by atoms with Crippen LogP contribution in [0, 0.1) is 5.41 Å². The molecule has 0 radical (unpaired) electrons. The van der Waals surface area contributed by atoms with Gasteiger partial charge in [0.1, 0.15) is 5.82 Å². The average Bonchev–Trinajstić information content (AvgIpc) is 3.20. The van der Waals surface area contributed by atoms with Gasteiger partial charge in [-0.15, -0.1) is 0 Å². The molecule has 4 aliphatic rings. The second-order valence-corrected chi connectivity index (χ2v) is 11.2. The molecule has 2 N–H and O–H groups in total. The van der Waals surface area contributed by atoms with Crippen molar-refractivity contribution in [1.82, 2.24) is 25.0 Å². The molecule has 0 unspecified atom stereocenters. The Morgan fingerprint density at radius 1 is 1.22 bits per heavy atom. The van der Waals surface area contributed by atoms with Crippen LogP contribution in [0.15, 0.2) is 30.5 Å². The number of benzene rings is 1. The van der Waals surface area contributed by atoms with Crippen LogP contribution in [0.5, 0.6) is 0 Å². The highest BCUT2D eigenvalue weighted by Gasteiger charge is 2.49. The molecule has 1 aliphatic carbocycles. The van der Waals surface area contributed by atoms with Gasteiger partial charge in [0, 0.05) is 46.8 Å². The molecule has 0 atom stereocenters. The van der Waals surface area contributed by atoms with Gasteiger partial charge in [-0.05, 0) is 86.4 Å². The SMILES string of the molecule is [2H]C([2H])(c1nc(Nc2ccc(-c3cnn4c3CC3(CC3)C4)c3c2C(=O)NC3)ccc1C1CCOCC1)N(C)C. The van der Waals surface area contributed by atoms with E-state index in [1.807, 2.05) is 24.4 Å². The number of amides is 1. The molecule has 8 nitrogen and oxygen atoms in total. The normalized spacial score (nSPS) is 21.0. The number of ether oxygens (including phenoxy) is 1.